The van der Waals surface area contributed by atoms with Crippen LogP contribution in [-0.4, -0.2) is 52.4 Å². The zero-order chi connectivity index (χ0) is 22.5. The zero-order valence-electron chi connectivity index (χ0n) is 18.0. The molecule has 0 aliphatic rings. The molecular weight excluding hydrogens is 404 g/mol. The summed E-state index contributed by atoms with van der Waals surface area (Å²) in [6, 6.07) is 13.0. The van der Waals surface area contributed by atoms with Crippen molar-refractivity contribution in [1.29, 1.82) is 0 Å². The van der Waals surface area contributed by atoms with Crippen molar-refractivity contribution in [2.45, 2.75) is 25.7 Å². The normalized spacial score (nSPS) is 12.2. The Balaban J connectivity index is 2.19. The largest absolute Gasteiger partial charge is 0.469 e. The lowest BCUT2D eigenvalue weighted by Gasteiger charge is -2.24. The Bertz CT molecular complexity index is 985. The summed E-state index contributed by atoms with van der Waals surface area (Å²) in [4.78, 5) is 26.2. The van der Waals surface area contributed by atoms with E-state index in [1.54, 1.807) is 60.4 Å². The number of anilines is 1. The van der Waals surface area contributed by atoms with Gasteiger partial charge in [0.1, 0.15) is 0 Å². The lowest BCUT2D eigenvalue weighted by molar-refractivity contribution is -0.145. The molecule has 0 radical (unpaired) electrons. The summed E-state index contributed by atoms with van der Waals surface area (Å²) in [5.74, 6) is -1.05. The van der Waals surface area contributed by atoms with Crippen molar-refractivity contribution in [3.63, 3.8) is 0 Å². The molecule has 30 heavy (non-hydrogen) atoms. The van der Waals surface area contributed by atoms with Crippen molar-refractivity contribution in [3.8, 4) is 0 Å². The van der Waals surface area contributed by atoms with Crippen molar-refractivity contribution in [1.82, 2.24) is 4.90 Å². The Kier molecular flexibility index (Phi) is 7.61. The molecule has 0 aliphatic heterocycles. The Morgan fingerprint density at radius 2 is 1.60 bits per heavy atom. The number of sulfonamides is 1. The van der Waals surface area contributed by atoms with Gasteiger partial charge in [0.2, 0.25) is 0 Å². The Hall–Kier alpha value is -2.87. The fourth-order valence-electron chi connectivity index (χ4n) is 2.97. The molecule has 1 unspecified atom stereocenters. The molecule has 1 amide bonds. The van der Waals surface area contributed by atoms with Crippen LogP contribution in [0.4, 0.5) is 5.69 Å². The molecule has 2 aromatic rings. The summed E-state index contributed by atoms with van der Waals surface area (Å²) in [6.45, 7) is 6.10. The standard InChI is InChI=1S/C22H28N2O5S/c1-6-24(15-17(3)22(26)29-5)21(25)18-9-11-19(12-10-18)23(4)30(27,28)20-13-7-16(2)8-14-20/h7-14,17H,6,15H2,1-5H3. The number of benzene rings is 2. The van der Waals surface area contributed by atoms with Crippen LogP contribution in [0.3, 0.4) is 0 Å². The van der Waals surface area contributed by atoms with Crippen molar-refractivity contribution in [3.05, 3.63) is 59.7 Å². The van der Waals surface area contributed by atoms with E-state index in [1.807, 2.05) is 13.8 Å². The molecule has 0 aliphatic carbocycles. The fraction of sp³-hybridized carbons (Fsp3) is 0.364. The maximum Gasteiger partial charge on any atom is 0.310 e. The van der Waals surface area contributed by atoms with E-state index in [0.29, 0.717) is 17.8 Å². The predicted molar refractivity (Wildman–Crippen MR) is 116 cm³/mol. The molecule has 0 saturated heterocycles. The second kappa shape index (κ2) is 9.75. The summed E-state index contributed by atoms with van der Waals surface area (Å²) < 4.78 is 31.6. The Labute approximate surface area is 178 Å². The predicted octanol–water partition coefficient (Wildman–Crippen LogP) is 3.09. The minimum atomic E-state index is -3.70. The van der Waals surface area contributed by atoms with Crippen LogP contribution >= 0.6 is 0 Å². The van der Waals surface area contributed by atoms with Crippen LogP contribution in [0, 0.1) is 12.8 Å². The summed E-state index contributed by atoms with van der Waals surface area (Å²) in [5, 5.41) is 0. The van der Waals surface area contributed by atoms with Crippen LogP contribution < -0.4 is 4.31 Å². The quantitative estimate of drug-likeness (QED) is 0.599. The highest BCUT2D eigenvalue weighted by Crippen LogP contribution is 2.23. The van der Waals surface area contributed by atoms with Gasteiger partial charge < -0.3 is 9.64 Å². The monoisotopic (exact) mass is 432 g/mol. The maximum atomic E-state index is 12.8. The van der Waals surface area contributed by atoms with E-state index in [4.69, 9.17) is 4.74 Å². The number of hydrogen-bond donors (Lipinski definition) is 0. The van der Waals surface area contributed by atoms with E-state index in [-0.39, 0.29) is 23.3 Å². The van der Waals surface area contributed by atoms with Gasteiger partial charge in [0, 0.05) is 25.7 Å². The van der Waals surface area contributed by atoms with E-state index in [9.17, 15) is 18.0 Å². The maximum absolute atomic E-state index is 12.8. The zero-order valence-corrected chi connectivity index (χ0v) is 18.8. The number of nitrogens with zero attached hydrogens (tertiary/aromatic N) is 2. The van der Waals surface area contributed by atoms with Crippen molar-refractivity contribution in [2.24, 2.45) is 5.92 Å². The van der Waals surface area contributed by atoms with E-state index in [0.717, 1.165) is 5.56 Å². The first-order chi connectivity index (χ1) is 14.1. The smallest absolute Gasteiger partial charge is 0.310 e. The van der Waals surface area contributed by atoms with Gasteiger partial charge in [0.25, 0.3) is 15.9 Å². The fourth-order valence-corrected chi connectivity index (χ4v) is 4.16. The molecule has 2 aromatic carbocycles. The number of hydrogen-bond acceptors (Lipinski definition) is 5. The number of aryl methyl sites for hydroxylation is 1. The molecule has 7 nitrogen and oxygen atoms in total. The number of amides is 1. The van der Waals surface area contributed by atoms with Gasteiger partial charge in [-0.25, -0.2) is 8.42 Å². The van der Waals surface area contributed by atoms with Crippen molar-refractivity contribution >= 4 is 27.6 Å². The second-order valence-electron chi connectivity index (χ2n) is 7.10. The molecular formula is C22H28N2O5S. The molecule has 0 fully saturated rings. The van der Waals surface area contributed by atoms with Crippen LogP contribution in [0.2, 0.25) is 0 Å². The molecule has 8 heteroatoms. The average Bonchev–Trinajstić information content (AvgIpc) is 2.76. The highest BCUT2D eigenvalue weighted by molar-refractivity contribution is 7.92. The lowest BCUT2D eigenvalue weighted by Crippen LogP contribution is -2.37. The van der Waals surface area contributed by atoms with Gasteiger partial charge in [-0.2, -0.15) is 0 Å². The number of esters is 1. The van der Waals surface area contributed by atoms with Gasteiger partial charge in [-0.05, 0) is 50.2 Å². The highest BCUT2D eigenvalue weighted by atomic mass is 32.2. The first kappa shape index (κ1) is 23.4. The Morgan fingerprint density at radius 1 is 1.03 bits per heavy atom. The van der Waals surface area contributed by atoms with Crippen LogP contribution in [0.15, 0.2) is 53.4 Å². The number of carbonyl (C=O) groups is 2. The molecule has 0 spiro atoms. The first-order valence-electron chi connectivity index (χ1n) is 9.64. The lowest BCUT2D eigenvalue weighted by atomic mass is 10.1. The number of methoxy groups -OCH3 is 1. The molecule has 0 heterocycles. The molecule has 0 bridgehead atoms. The van der Waals surface area contributed by atoms with E-state index >= 15 is 0 Å². The van der Waals surface area contributed by atoms with E-state index < -0.39 is 15.9 Å². The summed E-state index contributed by atoms with van der Waals surface area (Å²) in [5.41, 5.74) is 1.83. The molecule has 0 N–H and O–H groups in total. The topological polar surface area (TPSA) is 84.0 Å². The Morgan fingerprint density at radius 3 is 2.10 bits per heavy atom. The summed E-state index contributed by atoms with van der Waals surface area (Å²) in [6.07, 6.45) is 0. The molecule has 1 atom stereocenters. The van der Waals surface area contributed by atoms with Crippen molar-refractivity contribution < 1.29 is 22.7 Å². The van der Waals surface area contributed by atoms with Crippen molar-refractivity contribution in [2.75, 3.05) is 31.6 Å². The average molecular weight is 433 g/mol. The van der Waals surface area contributed by atoms with Gasteiger partial charge in [-0.1, -0.05) is 24.6 Å². The SMILES string of the molecule is CCN(CC(C)C(=O)OC)C(=O)c1ccc(N(C)S(=O)(=O)c2ccc(C)cc2)cc1. The van der Waals surface area contributed by atoms with Crippen LogP contribution in [0.25, 0.3) is 0 Å². The summed E-state index contributed by atoms with van der Waals surface area (Å²) in [7, 11) is -0.914. The van der Waals surface area contributed by atoms with Gasteiger partial charge in [-0.3, -0.25) is 13.9 Å². The van der Waals surface area contributed by atoms with E-state index in [1.165, 1.54) is 18.5 Å². The van der Waals surface area contributed by atoms with Gasteiger partial charge in [0.15, 0.2) is 0 Å². The van der Waals surface area contributed by atoms with Gasteiger partial charge in [-0.15, -0.1) is 0 Å². The van der Waals surface area contributed by atoms with E-state index in [2.05, 4.69) is 0 Å². The first-order valence-corrected chi connectivity index (χ1v) is 11.1. The second-order valence-corrected chi connectivity index (χ2v) is 9.07. The van der Waals surface area contributed by atoms with Gasteiger partial charge >= 0.3 is 5.97 Å². The third-order valence-corrected chi connectivity index (χ3v) is 6.72. The molecule has 2 rings (SSSR count). The van der Waals surface area contributed by atoms with Crippen LogP contribution in [0.5, 0.6) is 0 Å². The molecule has 0 saturated carbocycles. The minimum Gasteiger partial charge on any atom is -0.469 e. The van der Waals surface area contributed by atoms with Crippen LogP contribution in [-0.2, 0) is 19.6 Å². The molecule has 0 aromatic heterocycles. The third kappa shape index (κ3) is 5.18. The number of rotatable bonds is 8. The third-order valence-electron chi connectivity index (χ3n) is 4.92. The van der Waals surface area contributed by atoms with Crippen LogP contribution in [0.1, 0.15) is 29.8 Å². The number of ether oxygens (including phenoxy) is 1. The summed E-state index contributed by atoms with van der Waals surface area (Å²) >= 11 is 0. The minimum absolute atomic E-state index is 0.199. The van der Waals surface area contributed by atoms with Gasteiger partial charge in [0.05, 0.1) is 23.6 Å². The number of carbonyl (C=O) groups excluding carboxylic acids is 2. The molecule has 162 valence electrons. The highest BCUT2D eigenvalue weighted by Gasteiger charge is 2.23.